The van der Waals surface area contributed by atoms with Crippen molar-refractivity contribution in [3.63, 3.8) is 0 Å². The van der Waals surface area contributed by atoms with Gasteiger partial charge < -0.3 is 9.84 Å². The zero-order valence-electron chi connectivity index (χ0n) is 7.42. The molecule has 0 aromatic heterocycles. The van der Waals surface area contributed by atoms with Gasteiger partial charge in [0.2, 0.25) is 0 Å². The lowest BCUT2D eigenvalue weighted by molar-refractivity contribution is 0.0263. The Morgan fingerprint density at radius 3 is 2.73 bits per heavy atom. The molecule has 66 valence electrons. The Labute approximate surface area is 68.6 Å². The van der Waals surface area contributed by atoms with E-state index in [1.165, 1.54) is 6.42 Å². The van der Waals surface area contributed by atoms with Crippen molar-refractivity contribution in [2.45, 2.75) is 32.3 Å². The zero-order valence-corrected chi connectivity index (χ0v) is 7.42. The van der Waals surface area contributed by atoms with Gasteiger partial charge in [0.15, 0.2) is 0 Å². The lowest BCUT2D eigenvalue weighted by atomic mass is 9.81. The Bertz CT molecular complexity index is 114. The second-order valence-corrected chi connectivity index (χ2v) is 3.68. The van der Waals surface area contributed by atoms with E-state index in [0.717, 1.165) is 19.4 Å². The molecule has 2 nitrogen and oxygen atoms in total. The molecule has 1 aliphatic rings. The highest BCUT2D eigenvalue weighted by molar-refractivity contribution is 4.76. The van der Waals surface area contributed by atoms with Crippen LogP contribution in [0.25, 0.3) is 0 Å². The molecule has 1 saturated carbocycles. The van der Waals surface area contributed by atoms with Gasteiger partial charge in [0.05, 0.1) is 6.10 Å². The first-order valence-electron chi connectivity index (χ1n) is 4.41. The molecule has 0 saturated heterocycles. The lowest BCUT2D eigenvalue weighted by Gasteiger charge is -2.30. The molecule has 0 heterocycles. The average Bonchev–Trinajstić information content (AvgIpc) is 1.98. The van der Waals surface area contributed by atoms with Gasteiger partial charge in [-0.25, -0.2) is 0 Å². The molecule has 0 aliphatic heterocycles. The first-order valence-corrected chi connectivity index (χ1v) is 4.41. The third-order valence-electron chi connectivity index (χ3n) is 2.66. The van der Waals surface area contributed by atoms with Gasteiger partial charge in [-0.3, -0.25) is 0 Å². The minimum absolute atomic E-state index is 0.0936. The number of hydrogen-bond donors (Lipinski definition) is 1. The molecule has 1 unspecified atom stereocenters. The molecule has 0 bridgehead atoms. The van der Waals surface area contributed by atoms with Crippen LogP contribution in [0, 0.1) is 11.8 Å². The quantitative estimate of drug-likeness (QED) is 0.658. The molecule has 1 rings (SSSR count). The van der Waals surface area contributed by atoms with Crippen LogP contribution in [0.5, 0.6) is 0 Å². The van der Waals surface area contributed by atoms with Gasteiger partial charge in [-0.05, 0) is 31.1 Å². The first-order chi connectivity index (χ1) is 5.24. The third kappa shape index (κ3) is 2.46. The molecular formula is C9H18O2. The summed E-state index contributed by atoms with van der Waals surface area (Å²) < 4.78 is 5.05. The van der Waals surface area contributed by atoms with Gasteiger partial charge in [-0.1, -0.05) is 6.92 Å². The number of aliphatic hydroxyl groups excluding tert-OH is 1. The van der Waals surface area contributed by atoms with E-state index in [2.05, 4.69) is 6.92 Å². The van der Waals surface area contributed by atoms with Crippen LogP contribution >= 0.6 is 0 Å². The predicted octanol–water partition coefficient (Wildman–Crippen LogP) is 1.43. The Hall–Kier alpha value is -0.0800. The van der Waals surface area contributed by atoms with Gasteiger partial charge in [-0.2, -0.15) is 0 Å². The minimum Gasteiger partial charge on any atom is -0.393 e. The van der Waals surface area contributed by atoms with E-state index < -0.39 is 0 Å². The summed E-state index contributed by atoms with van der Waals surface area (Å²) in [5, 5.41) is 9.52. The average molecular weight is 158 g/mol. The highest BCUT2D eigenvalue weighted by Gasteiger charge is 2.25. The first kappa shape index (κ1) is 9.01. The molecule has 0 aromatic carbocycles. The highest BCUT2D eigenvalue weighted by atomic mass is 16.5. The van der Waals surface area contributed by atoms with E-state index in [4.69, 9.17) is 4.74 Å². The number of ether oxygens (including phenoxy) is 1. The van der Waals surface area contributed by atoms with Crippen LogP contribution in [0.1, 0.15) is 26.2 Å². The van der Waals surface area contributed by atoms with Gasteiger partial charge in [-0.15, -0.1) is 0 Å². The number of hydrogen-bond acceptors (Lipinski definition) is 2. The molecule has 11 heavy (non-hydrogen) atoms. The molecular weight excluding hydrogens is 140 g/mol. The Kier molecular flexibility index (Phi) is 3.34. The summed E-state index contributed by atoms with van der Waals surface area (Å²) in [4.78, 5) is 0. The van der Waals surface area contributed by atoms with Crippen LogP contribution in [0.15, 0.2) is 0 Å². The Morgan fingerprint density at radius 2 is 2.18 bits per heavy atom. The van der Waals surface area contributed by atoms with Crippen LogP contribution < -0.4 is 0 Å². The summed E-state index contributed by atoms with van der Waals surface area (Å²) in [6, 6.07) is 0. The standard InChI is InChI=1S/C9H18O2/c1-7-3-4-8(6-11-2)5-9(7)10/h7-10H,3-6H2,1-2H3/t7-,8+,9?/m1/s1. The molecule has 2 heteroatoms. The SMILES string of the molecule is COC[C@H]1CC[C@@H](C)C(O)C1. The maximum atomic E-state index is 9.52. The van der Waals surface area contributed by atoms with E-state index in [1.807, 2.05) is 0 Å². The molecule has 1 aliphatic carbocycles. The molecule has 0 amide bonds. The maximum absolute atomic E-state index is 9.52. The van der Waals surface area contributed by atoms with Crippen molar-refractivity contribution >= 4 is 0 Å². The second kappa shape index (κ2) is 4.07. The minimum atomic E-state index is -0.0936. The van der Waals surface area contributed by atoms with Crippen LogP contribution in [0.3, 0.4) is 0 Å². The topological polar surface area (TPSA) is 29.5 Å². The molecule has 1 N–H and O–H groups in total. The fourth-order valence-electron chi connectivity index (χ4n) is 1.77. The van der Waals surface area contributed by atoms with Crippen molar-refractivity contribution in [2.24, 2.45) is 11.8 Å². The van der Waals surface area contributed by atoms with Crippen LogP contribution in [0.2, 0.25) is 0 Å². The highest BCUT2D eigenvalue weighted by Crippen LogP contribution is 2.28. The van der Waals surface area contributed by atoms with Crippen molar-refractivity contribution in [3.8, 4) is 0 Å². The number of aliphatic hydroxyl groups is 1. The van der Waals surface area contributed by atoms with E-state index in [9.17, 15) is 5.11 Å². The van der Waals surface area contributed by atoms with Gasteiger partial charge in [0.25, 0.3) is 0 Å². The van der Waals surface area contributed by atoms with Crippen molar-refractivity contribution in [1.82, 2.24) is 0 Å². The molecule has 0 spiro atoms. The van der Waals surface area contributed by atoms with E-state index >= 15 is 0 Å². The summed E-state index contributed by atoms with van der Waals surface area (Å²) >= 11 is 0. The zero-order chi connectivity index (χ0) is 8.27. The Balaban J connectivity index is 2.28. The van der Waals surface area contributed by atoms with Crippen molar-refractivity contribution in [3.05, 3.63) is 0 Å². The van der Waals surface area contributed by atoms with Gasteiger partial charge >= 0.3 is 0 Å². The van der Waals surface area contributed by atoms with E-state index in [0.29, 0.717) is 11.8 Å². The molecule has 0 radical (unpaired) electrons. The van der Waals surface area contributed by atoms with Crippen LogP contribution in [-0.2, 0) is 4.74 Å². The number of rotatable bonds is 2. The smallest absolute Gasteiger partial charge is 0.0569 e. The van der Waals surface area contributed by atoms with Crippen molar-refractivity contribution < 1.29 is 9.84 Å². The predicted molar refractivity (Wildman–Crippen MR) is 44.4 cm³/mol. The summed E-state index contributed by atoms with van der Waals surface area (Å²) in [7, 11) is 1.73. The fraction of sp³-hybridized carbons (Fsp3) is 1.00. The normalized spacial score (nSPS) is 39.0. The fourth-order valence-corrected chi connectivity index (χ4v) is 1.77. The summed E-state index contributed by atoms with van der Waals surface area (Å²) in [5.74, 6) is 1.08. The van der Waals surface area contributed by atoms with E-state index in [-0.39, 0.29) is 6.10 Å². The monoisotopic (exact) mass is 158 g/mol. The summed E-state index contributed by atoms with van der Waals surface area (Å²) in [6.45, 7) is 2.93. The van der Waals surface area contributed by atoms with E-state index in [1.54, 1.807) is 7.11 Å². The second-order valence-electron chi connectivity index (χ2n) is 3.68. The van der Waals surface area contributed by atoms with Gasteiger partial charge in [0.1, 0.15) is 0 Å². The molecule has 3 atom stereocenters. The Morgan fingerprint density at radius 1 is 1.45 bits per heavy atom. The third-order valence-corrected chi connectivity index (χ3v) is 2.66. The van der Waals surface area contributed by atoms with Gasteiger partial charge in [0, 0.05) is 13.7 Å². The van der Waals surface area contributed by atoms with Crippen LogP contribution in [-0.4, -0.2) is 24.9 Å². The lowest BCUT2D eigenvalue weighted by Crippen LogP contribution is -2.29. The van der Waals surface area contributed by atoms with Crippen molar-refractivity contribution in [2.75, 3.05) is 13.7 Å². The van der Waals surface area contributed by atoms with Crippen LogP contribution in [0.4, 0.5) is 0 Å². The largest absolute Gasteiger partial charge is 0.393 e. The molecule has 0 aromatic rings. The van der Waals surface area contributed by atoms with Crippen molar-refractivity contribution in [1.29, 1.82) is 0 Å². The maximum Gasteiger partial charge on any atom is 0.0569 e. The summed E-state index contributed by atoms with van der Waals surface area (Å²) in [5.41, 5.74) is 0. The molecule has 1 fully saturated rings. The summed E-state index contributed by atoms with van der Waals surface area (Å²) in [6.07, 6.45) is 3.19. The number of methoxy groups -OCH3 is 1.